The van der Waals surface area contributed by atoms with Gasteiger partial charge in [0.05, 0.1) is 30.9 Å². The molecule has 1 aromatic heterocycles. The highest BCUT2D eigenvalue weighted by molar-refractivity contribution is 5.73. The number of fused-ring (bicyclic) bond motifs is 1. The highest BCUT2D eigenvalue weighted by Gasteiger charge is 2.19. The fraction of sp³-hybridized carbons (Fsp3) is 0.250. The third kappa shape index (κ3) is 2.99. The molecule has 0 saturated carbocycles. The molecule has 0 radical (unpaired) electrons. The molecule has 3 rings (SSSR count). The molecule has 6 heteroatoms. The molecule has 0 saturated heterocycles. The lowest BCUT2D eigenvalue weighted by molar-refractivity contribution is 0.0849. The molecular formula is C16H18N4O2. The predicted octanol–water partition coefficient (Wildman–Crippen LogP) is 1.07. The summed E-state index contributed by atoms with van der Waals surface area (Å²) in [7, 11) is 0. The van der Waals surface area contributed by atoms with Crippen molar-refractivity contribution in [1.29, 1.82) is 0 Å². The Kier molecular flexibility index (Phi) is 4.43. The summed E-state index contributed by atoms with van der Waals surface area (Å²) in [6, 6.07) is 16.4. The van der Waals surface area contributed by atoms with Gasteiger partial charge in [0.2, 0.25) is 0 Å². The minimum absolute atomic E-state index is 0.178. The number of hydrogen-bond donors (Lipinski definition) is 3. The van der Waals surface area contributed by atoms with Gasteiger partial charge in [-0.2, -0.15) is 0 Å². The van der Waals surface area contributed by atoms with E-state index in [2.05, 4.69) is 15.6 Å². The summed E-state index contributed by atoms with van der Waals surface area (Å²) in [6.45, 7) is 0.179. The number of benzene rings is 2. The Morgan fingerprint density at radius 1 is 1.05 bits per heavy atom. The summed E-state index contributed by atoms with van der Waals surface area (Å²) in [6.07, 6.45) is -0.791. The van der Waals surface area contributed by atoms with E-state index in [-0.39, 0.29) is 6.61 Å². The SMILES string of the molecule is OCC(NCn1nnc2ccccc21)C(O)c1ccccc1. The minimum Gasteiger partial charge on any atom is -0.395 e. The first-order valence-electron chi connectivity index (χ1n) is 7.15. The molecule has 2 unspecified atom stereocenters. The maximum atomic E-state index is 10.4. The minimum atomic E-state index is -0.791. The number of nitrogens with zero attached hydrogens (tertiary/aromatic N) is 3. The normalized spacial score (nSPS) is 14.1. The summed E-state index contributed by atoms with van der Waals surface area (Å²) < 4.78 is 1.70. The molecule has 0 aliphatic rings. The molecule has 0 fully saturated rings. The zero-order chi connectivity index (χ0) is 15.4. The third-order valence-corrected chi connectivity index (χ3v) is 3.64. The van der Waals surface area contributed by atoms with Crippen molar-refractivity contribution in [2.45, 2.75) is 18.8 Å². The quantitative estimate of drug-likeness (QED) is 0.634. The van der Waals surface area contributed by atoms with Crippen LogP contribution in [0.5, 0.6) is 0 Å². The molecule has 0 aliphatic heterocycles. The topological polar surface area (TPSA) is 83.2 Å². The number of nitrogens with one attached hydrogen (secondary N) is 1. The predicted molar refractivity (Wildman–Crippen MR) is 82.9 cm³/mol. The Hall–Kier alpha value is -2.28. The first-order chi connectivity index (χ1) is 10.8. The van der Waals surface area contributed by atoms with Gasteiger partial charge in [-0.25, -0.2) is 4.68 Å². The molecule has 2 aromatic carbocycles. The first kappa shape index (κ1) is 14.6. The Labute approximate surface area is 128 Å². The highest BCUT2D eigenvalue weighted by Crippen LogP contribution is 2.16. The van der Waals surface area contributed by atoms with E-state index >= 15 is 0 Å². The Bertz CT molecular complexity index is 729. The monoisotopic (exact) mass is 298 g/mol. The van der Waals surface area contributed by atoms with Crippen LogP contribution in [0, 0.1) is 0 Å². The van der Waals surface area contributed by atoms with Gasteiger partial charge in [-0.3, -0.25) is 5.32 Å². The summed E-state index contributed by atoms with van der Waals surface area (Å²) in [5, 5.41) is 31.2. The van der Waals surface area contributed by atoms with Gasteiger partial charge < -0.3 is 10.2 Å². The molecule has 22 heavy (non-hydrogen) atoms. The molecule has 0 amide bonds. The van der Waals surface area contributed by atoms with Crippen LogP contribution in [0.4, 0.5) is 0 Å². The number of aromatic nitrogens is 3. The van der Waals surface area contributed by atoms with Crippen molar-refractivity contribution in [2.24, 2.45) is 0 Å². The van der Waals surface area contributed by atoms with E-state index in [0.29, 0.717) is 6.67 Å². The van der Waals surface area contributed by atoms with Crippen molar-refractivity contribution in [2.75, 3.05) is 6.61 Å². The number of aliphatic hydroxyl groups excluding tert-OH is 2. The average Bonchev–Trinajstić information content (AvgIpc) is 2.99. The van der Waals surface area contributed by atoms with E-state index in [1.54, 1.807) is 4.68 Å². The van der Waals surface area contributed by atoms with Crippen LogP contribution in [-0.4, -0.2) is 37.9 Å². The molecule has 0 spiro atoms. The Balaban J connectivity index is 1.71. The number of aliphatic hydroxyl groups is 2. The van der Waals surface area contributed by atoms with E-state index in [1.807, 2.05) is 54.6 Å². The second-order valence-electron chi connectivity index (χ2n) is 5.08. The standard InChI is InChI=1S/C16H18N4O2/c21-10-14(16(22)12-6-2-1-3-7-12)17-11-20-15-9-5-4-8-13(15)18-19-20/h1-9,14,16-17,21-22H,10-11H2. The number of para-hydroxylation sites is 1. The zero-order valence-corrected chi connectivity index (χ0v) is 12.0. The molecule has 0 aliphatic carbocycles. The van der Waals surface area contributed by atoms with E-state index in [4.69, 9.17) is 0 Å². The smallest absolute Gasteiger partial charge is 0.113 e. The van der Waals surface area contributed by atoms with Crippen LogP contribution in [0.3, 0.4) is 0 Å². The molecule has 114 valence electrons. The van der Waals surface area contributed by atoms with Crippen molar-refractivity contribution in [3.8, 4) is 0 Å². The van der Waals surface area contributed by atoms with Crippen LogP contribution in [0.2, 0.25) is 0 Å². The maximum Gasteiger partial charge on any atom is 0.113 e. The van der Waals surface area contributed by atoms with Gasteiger partial charge in [0, 0.05) is 0 Å². The lowest BCUT2D eigenvalue weighted by Gasteiger charge is -2.22. The highest BCUT2D eigenvalue weighted by atomic mass is 16.3. The fourth-order valence-electron chi connectivity index (χ4n) is 2.40. The van der Waals surface area contributed by atoms with E-state index in [0.717, 1.165) is 16.6 Å². The molecular weight excluding hydrogens is 280 g/mol. The summed E-state index contributed by atoms with van der Waals surface area (Å²) in [5.74, 6) is 0. The molecule has 3 N–H and O–H groups in total. The van der Waals surface area contributed by atoms with Gasteiger partial charge in [-0.1, -0.05) is 47.7 Å². The lowest BCUT2D eigenvalue weighted by atomic mass is 10.0. The van der Waals surface area contributed by atoms with Gasteiger partial charge in [-0.05, 0) is 17.7 Å². The number of hydrogen-bond acceptors (Lipinski definition) is 5. The molecule has 0 bridgehead atoms. The summed E-state index contributed by atoms with van der Waals surface area (Å²) in [5.41, 5.74) is 2.48. The van der Waals surface area contributed by atoms with E-state index < -0.39 is 12.1 Å². The van der Waals surface area contributed by atoms with Crippen molar-refractivity contribution < 1.29 is 10.2 Å². The van der Waals surface area contributed by atoms with Crippen molar-refractivity contribution in [3.05, 3.63) is 60.2 Å². The summed E-state index contributed by atoms with van der Waals surface area (Å²) in [4.78, 5) is 0. The van der Waals surface area contributed by atoms with Gasteiger partial charge in [0.15, 0.2) is 0 Å². The zero-order valence-electron chi connectivity index (χ0n) is 12.0. The summed E-state index contributed by atoms with van der Waals surface area (Å²) >= 11 is 0. The molecule has 6 nitrogen and oxygen atoms in total. The van der Waals surface area contributed by atoms with Crippen LogP contribution >= 0.6 is 0 Å². The first-order valence-corrected chi connectivity index (χ1v) is 7.15. The van der Waals surface area contributed by atoms with Crippen LogP contribution in [0.1, 0.15) is 11.7 Å². The largest absolute Gasteiger partial charge is 0.395 e. The van der Waals surface area contributed by atoms with Crippen molar-refractivity contribution >= 4 is 11.0 Å². The second kappa shape index (κ2) is 6.65. The van der Waals surface area contributed by atoms with Gasteiger partial charge >= 0.3 is 0 Å². The van der Waals surface area contributed by atoms with Gasteiger partial charge in [0.1, 0.15) is 5.52 Å². The van der Waals surface area contributed by atoms with Gasteiger partial charge in [0.25, 0.3) is 0 Å². The van der Waals surface area contributed by atoms with Crippen LogP contribution in [0.15, 0.2) is 54.6 Å². The second-order valence-corrected chi connectivity index (χ2v) is 5.08. The van der Waals surface area contributed by atoms with Crippen molar-refractivity contribution in [3.63, 3.8) is 0 Å². The van der Waals surface area contributed by atoms with Crippen molar-refractivity contribution in [1.82, 2.24) is 20.3 Å². The van der Waals surface area contributed by atoms with E-state index in [9.17, 15) is 10.2 Å². The molecule has 1 heterocycles. The van der Waals surface area contributed by atoms with Crippen LogP contribution in [-0.2, 0) is 6.67 Å². The molecule has 2 atom stereocenters. The fourth-order valence-corrected chi connectivity index (χ4v) is 2.40. The van der Waals surface area contributed by atoms with Crippen LogP contribution in [0.25, 0.3) is 11.0 Å². The Morgan fingerprint density at radius 2 is 1.77 bits per heavy atom. The molecule has 3 aromatic rings. The Morgan fingerprint density at radius 3 is 2.55 bits per heavy atom. The number of rotatable bonds is 6. The van der Waals surface area contributed by atoms with E-state index in [1.165, 1.54) is 0 Å². The lowest BCUT2D eigenvalue weighted by Crippen LogP contribution is -2.39. The van der Waals surface area contributed by atoms with Gasteiger partial charge in [-0.15, -0.1) is 5.10 Å². The maximum absolute atomic E-state index is 10.4. The third-order valence-electron chi connectivity index (χ3n) is 3.64. The van der Waals surface area contributed by atoms with Crippen LogP contribution < -0.4 is 5.32 Å². The average molecular weight is 298 g/mol.